The summed E-state index contributed by atoms with van der Waals surface area (Å²) in [5.41, 5.74) is 1.20. The van der Waals surface area contributed by atoms with Gasteiger partial charge in [-0.25, -0.2) is 4.79 Å². The van der Waals surface area contributed by atoms with Gasteiger partial charge in [-0.05, 0) is 6.07 Å². The first-order chi connectivity index (χ1) is 9.74. The molecule has 0 aliphatic rings. The Kier molecular flexibility index (Phi) is 5.11. The number of furan rings is 1. The molecule has 0 aliphatic heterocycles. The van der Waals surface area contributed by atoms with Crippen molar-refractivity contribution in [3.05, 3.63) is 35.6 Å². The van der Waals surface area contributed by atoms with Gasteiger partial charge in [-0.3, -0.25) is 0 Å². The Labute approximate surface area is 116 Å². The molecular weight excluding hydrogens is 262 g/mol. The van der Waals surface area contributed by atoms with E-state index in [0.29, 0.717) is 37.4 Å². The lowest BCUT2D eigenvalue weighted by Gasteiger charge is -2.05. The normalized spacial score (nSPS) is 11.1. The largest absolute Gasteiger partial charge is 0.475 e. The molecule has 6 heteroatoms. The molecule has 0 aliphatic carbocycles. The van der Waals surface area contributed by atoms with Crippen molar-refractivity contribution in [3.63, 3.8) is 0 Å². The van der Waals surface area contributed by atoms with E-state index in [1.807, 2.05) is 12.1 Å². The molecular formula is C14H17NO5. The van der Waals surface area contributed by atoms with Crippen molar-refractivity contribution in [2.75, 3.05) is 26.4 Å². The Balaban J connectivity index is 2.04. The Morgan fingerprint density at radius 3 is 2.85 bits per heavy atom. The van der Waals surface area contributed by atoms with Crippen molar-refractivity contribution in [3.8, 4) is 0 Å². The minimum atomic E-state index is -1.07. The monoisotopic (exact) mass is 279 g/mol. The topological polar surface area (TPSA) is 91.9 Å². The van der Waals surface area contributed by atoms with E-state index in [9.17, 15) is 4.79 Å². The maximum Gasteiger partial charge on any atom is 0.372 e. The van der Waals surface area contributed by atoms with Gasteiger partial charge in [-0.1, -0.05) is 18.2 Å². The van der Waals surface area contributed by atoms with Crippen LogP contribution in [0, 0.1) is 0 Å². The molecule has 2 aromatic rings. The summed E-state index contributed by atoms with van der Waals surface area (Å²) < 4.78 is 10.5. The summed E-state index contributed by atoms with van der Waals surface area (Å²) in [5.74, 6) is -1.11. The molecule has 0 unspecified atom stereocenters. The number of hydrogen-bond donors (Lipinski definition) is 3. The number of ether oxygens (including phenoxy) is 1. The van der Waals surface area contributed by atoms with Crippen LogP contribution in [0.25, 0.3) is 11.0 Å². The summed E-state index contributed by atoms with van der Waals surface area (Å²) in [7, 11) is 0. The molecule has 0 saturated carbocycles. The smallest absolute Gasteiger partial charge is 0.372 e. The Hall–Kier alpha value is -1.89. The summed E-state index contributed by atoms with van der Waals surface area (Å²) in [5, 5.41) is 21.6. The van der Waals surface area contributed by atoms with E-state index in [1.165, 1.54) is 0 Å². The highest BCUT2D eigenvalue weighted by Gasteiger charge is 2.18. The second kappa shape index (κ2) is 7.04. The third-order valence-electron chi connectivity index (χ3n) is 2.85. The number of carbonyl (C=O) groups is 1. The second-order valence-electron chi connectivity index (χ2n) is 4.22. The van der Waals surface area contributed by atoms with Crippen molar-refractivity contribution in [1.29, 1.82) is 0 Å². The number of rotatable bonds is 8. The van der Waals surface area contributed by atoms with Gasteiger partial charge in [0.05, 0.1) is 19.8 Å². The molecule has 3 N–H and O–H groups in total. The first-order valence-electron chi connectivity index (χ1n) is 6.37. The Bertz CT molecular complexity index is 578. The number of fused-ring (bicyclic) bond motifs is 1. The lowest BCUT2D eigenvalue weighted by atomic mass is 10.1. The fourth-order valence-electron chi connectivity index (χ4n) is 1.97. The molecule has 1 heterocycles. The van der Waals surface area contributed by atoms with Crippen LogP contribution in [-0.4, -0.2) is 42.5 Å². The summed E-state index contributed by atoms with van der Waals surface area (Å²) in [6, 6.07) is 7.23. The van der Waals surface area contributed by atoms with Gasteiger partial charge in [0.1, 0.15) is 5.58 Å². The van der Waals surface area contributed by atoms with Gasteiger partial charge in [0.25, 0.3) is 0 Å². The first-order valence-corrected chi connectivity index (χ1v) is 6.37. The number of nitrogens with one attached hydrogen (secondary N) is 1. The molecule has 2 rings (SSSR count). The molecule has 0 saturated heterocycles. The zero-order chi connectivity index (χ0) is 14.4. The van der Waals surface area contributed by atoms with E-state index >= 15 is 0 Å². The number of benzene rings is 1. The molecule has 108 valence electrons. The zero-order valence-corrected chi connectivity index (χ0v) is 11.0. The van der Waals surface area contributed by atoms with E-state index in [1.54, 1.807) is 12.1 Å². The van der Waals surface area contributed by atoms with Crippen LogP contribution in [-0.2, 0) is 11.3 Å². The first kappa shape index (κ1) is 14.5. The molecule has 0 spiro atoms. The van der Waals surface area contributed by atoms with Crippen molar-refractivity contribution in [2.24, 2.45) is 0 Å². The fraction of sp³-hybridized carbons (Fsp3) is 0.357. The van der Waals surface area contributed by atoms with Gasteiger partial charge in [0.15, 0.2) is 0 Å². The van der Waals surface area contributed by atoms with Crippen LogP contribution in [0.2, 0.25) is 0 Å². The number of carboxylic acid groups (broad SMARTS) is 1. The molecule has 6 nitrogen and oxygen atoms in total. The van der Waals surface area contributed by atoms with Gasteiger partial charge >= 0.3 is 5.97 Å². The van der Waals surface area contributed by atoms with Gasteiger partial charge in [0, 0.05) is 24.0 Å². The predicted molar refractivity (Wildman–Crippen MR) is 72.8 cm³/mol. The van der Waals surface area contributed by atoms with Crippen molar-refractivity contribution in [1.82, 2.24) is 5.32 Å². The molecule has 0 radical (unpaired) electrons. The molecule has 1 aromatic carbocycles. The molecule has 0 atom stereocenters. The molecule has 20 heavy (non-hydrogen) atoms. The van der Waals surface area contributed by atoms with Crippen LogP contribution in [0.4, 0.5) is 0 Å². The number of hydrogen-bond acceptors (Lipinski definition) is 5. The average molecular weight is 279 g/mol. The maximum absolute atomic E-state index is 11.2. The average Bonchev–Trinajstić information content (AvgIpc) is 2.82. The van der Waals surface area contributed by atoms with Gasteiger partial charge in [-0.15, -0.1) is 0 Å². The van der Waals surface area contributed by atoms with E-state index in [2.05, 4.69) is 5.32 Å². The number of para-hydroxylation sites is 1. The lowest BCUT2D eigenvalue weighted by molar-refractivity contribution is 0.0663. The SMILES string of the molecule is O=C(O)c1oc2ccccc2c1CNCCOCCO. The third-order valence-corrected chi connectivity index (χ3v) is 2.85. The fourth-order valence-corrected chi connectivity index (χ4v) is 1.97. The molecule has 1 aromatic heterocycles. The van der Waals surface area contributed by atoms with Crippen LogP contribution in [0.5, 0.6) is 0 Å². The molecule has 0 fully saturated rings. The summed E-state index contributed by atoms with van der Waals surface area (Å²) in [4.78, 5) is 11.2. The van der Waals surface area contributed by atoms with Gasteiger partial charge < -0.3 is 24.7 Å². The summed E-state index contributed by atoms with van der Waals surface area (Å²) >= 11 is 0. The number of aliphatic hydroxyl groups excluding tert-OH is 1. The van der Waals surface area contributed by atoms with E-state index in [4.69, 9.17) is 19.4 Å². The van der Waals surface area contributed by atoms with E-state index in [0.717, 1.165) is 5.39 Å². The highest BCUT2D eigenvalue weighted by atomic mass is 16.5. The number of aliphatic hydroxyl groups is 1. The van der Waals surface area contributed by atoms with Crippen LogP contribution < -0.4 is 5.32 Å². The number of carboxylic acids is 1. The molecule has 0 bridgehead atoms. The van der Waals surface area contributed by atoms with Crippen LogP contribution in [0.3, 0.4) is 0 Å². The minimum Gasteiger partial charge on any atom is -0.475 e. The van der Waals surface area contributed by atoms with Crippen molar-refractivity contribution >= 4 is 16.9 Å². The molecule has 0 amide bonds. The van der Waals surface area contributed by atoms with Crippen LogP contribution in [0.15, 0.2) is 28.7 Å². The number of aromatic carboxylic acids is 1. The third kappa shape index (κ3) is 3.36. The minimum absolute atomic E-state index is 0.00443. The highest BCUT2D eigenvalue weighted by molar-refractivity contribution is 5.95. The van der Waals surface area contributed by atoms with Crippen molar-refractivity contribution in [2.45, 2.75) is 6.54 Å². The zero-order valence-electron chi connectivity index (χ0n) is 11.0. The standard InChI is InChI=1S/C14H17NO5/c16-6-8-19-7-5-15-9-11-10-3-1-2-4-12(10)20-13(11)14(17)18/h1-4,15-16H,5-9H2,(H,17,18). The quantitative estimate of drug-likeness (QED) is 0.629. The maximum atomic E-state index is 11.2. The van der Waals surface area contributed by atoms with E-state index in [-0.39, 0.29) is 12.4 Å². The predicted octanol–water partition coefficient (Wildman–Crippen LogP) is 1.23. The van der Waals surface area contributed by atoms with Crippen LogP contribution in [0.1, 0.15) is 16.1 Å². The highest BCUT2D eigenvalue weighted by Crippen LogP contribution is 2.25. The Morgan fingerprint density at radius 2 is 2.10 bits per heavy atom. The van der Waals surface area contributed by atoms with Crippen LogP contribution >= 0.6 is 0 Å². The second-order valence-corrected chi connectivity index (χ2v) is 4.22. The lowest BCUT2D eigenvalue weighted by Crippen LogP contribution is -2.20. The summed E-state index contributed by atoms with van der Waals surface area (Å²) in [6.07, 6.45) is 0. The Morgan fingerprint density at radius 1 is 1.30 bits per heavy atom. The van der Waals surface area contributed by atoms with Crippen molar-refractivity contribution < 1.29 is 24.2 Å². The summed E-state index contributed by atoms with van der Waals surface area (Å²) in [6.45, 7) is 1.71. The van der Waals surface area contributed by atoms with Gasteiger partial charge in [0.2, 0.25) is 5.76 Å². The van der Waals surface area contributed by atoms with E-state index < -0.39 is 5.97 Å². The van der Waals surface area contributed by atoms with Gasteiger partial charge in [-0.2, -0.15) is 0 Å².